The molecule has 146 valence electrons. The summed E-state index contributed by atoms with van der Waals surface area (Å²) >= 11 is 0. The summed E-state index contributed by atoms with van der Waals surface area (Å²) in [6.45, 7) is 3.97. The Labute approximate surface area is 174 Å². The van der Waals surface area contributed by atoms with Gasteiger partial charge in [-0.2, -0.15) is 0 Å². The van der Waals surface area contributed by atoms with E-state index in [4.69, 9.17) is 10.5 Å². The second kappa shape index (κ2) is 11.4. The summed E-state index contributed by atoms with van der Waals surface area (Å²) in [6.07, 6.45) is 3.03. The minimum Gasteiger partial charge on any atom is -0.450 e. The molecule has 1 aliphatic heterocycles. The number of benzene rings is 1. The van der Waals surface area contributed by atoms with E-state index >= 15 is 0 Å². The number of amides is 1. The van der Waals surface area contributed by atoms with Crippen molar-refractivity contribution in [3.63, 3.8) is 0 Å². The number of guanidine groups is 1. The number of hydrogen-bond acceptors (Lipinski definition) is 4. The molecule has 1 fully saturated rings. The molecule has 1 heterocycles. The van der Waals surface area contributed by atoms with E-state index in [9.17, 15) is 9.00 Å². The molecule has 9 heteroatoms. The van der Waals surface area contributed by atoms with Gasteiger partial charge in [0, 0.05) is 41.1 Å². The Morgan fingerprint density at radius 2 is 1.96 bits per heavy atom. The van der Waals surface area contributed by atoms with Crippen LogP contribution >= 0.6 is 24.0 Å². The van der Waals surface area contributed by atoms with E-state index in [-0.39, 0.29) is 36.1 Å². The van der Waals surface area contributed by atoms with Crippen molar-refractivity contribution in [2.75, 3.05) is 26.0 Å². The second-order valence-corrected chi connectivity index (χ2v) is 7.28. The maximum atomic E-state index is 11.7. The molecule has 1 atom stereocenters. The van der Waals surface area contributed by atoms with E-state index in [1.165, 1.54) is 0 Å². The molecule has 3 N–H and O–H groups in total. The molecule has 0 radical (unpaired) electrons. The van der Waals surface area contributed by atoms with E-state index in [0.717, 1.165) is 23.3 Å². The molecule has 7 nitrogen and oxygen atoms in total. The first kappa shape index (κ1) is 22.7. The lowest BCUT2D eigenvalue weighted by molar-refractivity contribution is 0.0963. The smallest absolute Gasteiger partial charge is 0.409 e. The third-order valence-electron chi connectivity index (χ3n) is 4.06. The maximum absolute atomic E-state index is 11.7. The fraction of sp³-hybridized carbons (Fsp3) is 0.529. The highest BCUT2D eigenvalue weighted by atomic mass is 127. The van der Waals surface area contributed by atoms with E-state index in [1.807, 2.05) is 24.3 Å². The molecule has 1 amide bonds. The Bertz CT molecular complexity index is 631. The zero-order chi connectivity index (χ0) is 18.2. The number of piperidine rings is 1. The van der Waals surface area contributed by atoms with Crippen LogP contribution in [0.25, 0.3) is 0 Å². The molecular formula is C17H27IN4O3S. The van der Waals surface area contributed by atoms with Gasteiger partial charge in [-0.25, -0.2) is 9.79 Å². The third kappa shape index (κ3) is 7.10. The van der Waals surface area contributed by atoms with Gasteiger partial charge in [-0.3, -0.25) is 4.21 Å². The van der Waals surface area contributed by atoms with Gasteiger partial charge in [0.15, 0.2) is 5.96 Å². The zero-order valence-corrected chi connectivity index (χ0v) is 18.3. The number of aliphatic imine (C=N–C) groups is 1. The number of carbonyl (C=O) groups excluding carboxylic acids is 1. The van der Waals surface area contributed by atoms with Crippen molar-refractivity contribution in [3.05, 3.63) is 29.8 Å². The Morgan fingerprint density at radius 1 is 1.35 bits per heavy atom. The molecule has 1 aromatic rings. The molecule has 1 saturated heterocycles. The summed E-state index contributed by atoms with van der Waals surface area (Å²) in [5.41, 5.74) is 6.97. The Morgan fingerprint density at radius 3 is 2.50 bits per heavy atom. The predicted octanol–water partition coefficient (Wildman–Crippen LogP) is 2.07. The van der Waals surface area contributed by atoms with Gasteiger partial charge in [-0.1, -0.05) is 12.1 Å². The van der Waals surface area contributed by atoms with Crippen molar-refractivity contribution in [2.45, 2.75) is 37.2 Å². The van der Waals surface area contributed by atoms with Gasteiger partial charge in [0.1, 0.15) is 0 Å². The number of halogens is 1. The van der Waals surface area contributed by atoms with Crippen molar-refractivity contribution < 1.29 is 13.7 Å². The molecular weight excluding hydrogens is 467 g/mol. The largest absolute Gasteiger partial charge is 0.450 e. The Kier molecular flexibility index (Phi) is 9.92. The van der Waals surface area contributed by atoms with Gasteiger partial charge in [-0.15, -0.1) is 24.0 Å². The maximum Gasteiger partial charge on any atom is 0.409 e. The van der Waals surface area contributed by atoms with Gasteiger partial charge in [-0.05, 0) is 37.5 Å². The van der Waals surface area contributed by atoms with Crippen molar-refractivity contribution in [3.8, 4) is 0 Å². The van der Waals surface area contributed by atoms with Crippen LogP contribution in [-0.4, -0.2) is 53.2 Å². The van der Waals surface area contributed by atoms with E-state index in [2.05, 4.69) is 10.3 Å². The van der Waals surface area contributed by atoms with Crippen molar-refractivity contribution in [1.29, 1.82) is 0 Å². The number of nitrogens with one attached hydrogen (secondary N) is 1. The average Bonchev–Trinajstić information content (AvgIpc) is 2.61. The van der Waals surface area contributed by atoms with E-state index in [0.29, 0.717) is 32.2 Å². The van der Waals surface area contributed by atoms with Gasteiger partial charge < -0.3 is 20.7 Å². The Hall–Kier alpha value is -1.36. The lowest BCUT2D eigenvalue weighted by Gasteiger charge is -2.31. The molecule has 1 unspecified atom stereocenters. The molecule has 0 aliphatic carbocycles. The molecule has 2 rings (SSSR count). The van der Waals surface area contributed by atoms with Crippen LogP contribution in [0.2, 0.25) is 0 Å². The molecule has 0 bridgehead atoms. The standard InChI is InChI=1S/C17H26N4O3S.HI/c1-3-24-17(22)21-10-8-14(9-11-21)20-16(18)19-12-13-4-6-15(7-5-13)25(2)23;/h4-7,14H,3,8-12H2,1-2H3,(H3,18,19,20);1H. The van der Waals surface area contributed by atoms with Crippen molar-refractivity contribution in [2.24, 2.45) is 10.7 Å². The van der Waals surface area contributed by atoms with Crippen LogP contribution in [-0.2, 0) is 22.1 Å². The van der Waals surface area contributed by atoms with Crippen LogP contribution in [0.3, 0.4) is 0 Å². The van der Waals surface area contributed by atoms with Crippen LogP contribution in [0.1, 0.15) is 25.3 Å². The Balaban J connectivity index is 0.00000338. The summed E-state index contributed by atoms with van der Waals surface area (Å²) in [6, 6.07) is 7.71. The number of likely N-dealkylation sites (tertiary alicyclic amines) is 1. The van der Waals surface area contributed by atoms with E-state index in [1.54, 1.807) is 18.1 Å². The third-order valence-corrected chi connectivity index (χ3v) is 5.00. The van der Waals surface area contributed by atoms with Crippen LogP contribution in [0.5, 0.6) is 0 Å². The fourth-order valence-electron chi connectivity index (χ4n) is 2.64. The van der Waals surface area contributed by atoms with Crippen molar-refractivity contribution in [1.82, 2.24) is 10.2 Å². The molecule has 1 aromatic carbocycles. The minimum absolute atomic E-state index is 0. The van der Waals surface area contributed by atoms with Crippen LogP contribution in [0, 0.1) is 0 Å². The van der Waals surface area contributed by atoms with Gasteiger partial charge >= 0.3 is 6.09 Å². The highest BCUT2D eigenvalue weighted by Crippen LogP contribution is 2.12. The normalized spacial score (nSPS) is 16.5. The second-order valence-electron chi connectivity index (χ2n) is 5.90. The average molecular weight is 494 g/mol. The highest BCUT2D eigenvalue weighted by Gasteiger charge is 2.23. The summed E-state index contributed by atoms with van der Waals surface area (Å²) in [5, 5.41) is 3.21. The lowest BCUT2D eigenvalue weighted by Crippen LogP contribution is -2.48. The highest BCUT2D eigenvalue weighted by molar-refractivity contribution is 14.0. The summed E-state index contributed by atoms with van der Waals surface area (Å²) in [7, 11) is -0.973. The van der Waals surface area contributed by atoms with Crippen molar-refractivity contribution >= 4 is 46.8 Å². The van der Waals surface area contributed by atoms with Gasteiger partial charge in [0.05, 0.1) is 13.2 Å². The quantitative estimate of drug-likeness (QED) is 0.371. The molecule has 0 saturated carbocycles. The fourth-order valence-corrected chi connectivity index (χ4v) is 3.16. The molecule has 1 aliphatic rings. The van der Waals surface area contributed by atoms with Gasteiger partial charge in [0.2, 0.25) is 0 Å². The first-order valence-corrected chi connectivity index (χ1v) is 9.96. The first-order chi connectivity index (χ1) is 12.0. The number of nitrogens with zero attached hydrogens (tertiary/aromatic N) is 2. The van der Waals surface area contributed by atoms with Crippen LogP contribution in [0.4, 0.5) is 4.79 Å². The molecule has 26 heavy (non-hydrogen) atoms. The summed E-state index contributed by atoms with van der Waals surface area (Å²) in [5.74, 6) is 0.401. The monoisotopic (exact) mass is 494 g/mol. The number of nitrogens with two attached hydrogens (primary N) is 1. The topological polar surface area (TPSA) is 97.0 Å². The SMILES string of the molecule is CCOC(=O)N1CCC(NC(N)=NCc2ccc(S(C)=O)cc2)CC1.I. The summed E-state index contributed by atoms with van der Waals surface area (Å²) in [4.78, 5) is 18.5. The number of carbonyl (C=O) groups is 1. The predicted molar refractivity (Wildman–Crippen MR) is 114 cm³/mol. The van der Waals surface area contributed by atoms with Crippen LogP contribution < -0.4 is 11.1 Å². The first-order valence-electron chi connectivity index (χ1n) is 8.40. The number of hydrogen-bond donors (Lipinski definition) is 2. The number of rotatable bonds is 5. The summed E-state index contributed by atoms with van der Waals surface area (Å²) < 4.78 is 16.4. The van der Waals surface area contributed by atoms with Gasteiger partial charge in [0.25, 0.3) is 0 Å². The van der Waals surface area contributed by atoms with E-state index < -0.39 is 10.8 Å². The minimum atomic E-state index is -0.973. The lowest BCUT2D eigenvalue weighted by atomic mass is 10.1. The number of ether oxygens (including phenoxy) is 1. The van der Waals surface area contributed by atoms with Crippen LogP contribution in [0.15, 0.2) is 34.2 Å². The zero-order valence-electron chi connectivity index (χ0n) is 15.1. The molecule has 0 spiro atoms. The molecule has 0 aromatic heterocycles.